The van der Waals surface area contributed by atoms with Crippen LogP contribution in [-0.2, 0) is 0 Å². The lowest BCUT2D eigenvalue weighted by Crippen LogP contribution is -2.42. The number of carbonyl (C=O) groups excluding carboxylic acids is 1. The second-order valence-corrected chi connectivity index (χ2v) is 6.02. The highest BCUT2D eigenvalue weighted by atomic mass is 16.3. The fraction of sp³-hybridized carbons (Fsp3) is 0.562. The van der Waals surface area contributed by atoms with E-state index in [-0.39, 0.29) is 12.1 Å². The predicted molar refractivity (Wildman–Crippen MR) is 80.8 cm³/mol. The Hall–Kier alpha value is -1.75. The normalized spacial score (nSPS) is 29.3. The van der Waals surface area contributed by atoms with Crippen molar-refractivity contribution in [3.05, 3.63) is 40.8 Å². The number of nitrogens with one attached hydrogen (secondary N) is 1. The van der Waals surface area contributed by atoms with Crippen molar-refractivity contribution in [1.82, 2.24) is 10.2 Å². The summed E-state index contributed by atoms with van der Waals surface area (Å²) in [5.74, 6) is 1.17. The summed E-state index contributed by atoms with van der Waals surface area (Å²) in [5.41, 5.74) is 0.757. The van der Waals surface area contributed by atoms with E-state index in [4.69, 9.17) is 0 Å². The van der Waals surface area contributed by atoms with Crippen molar-refractivity contribution >= 4 is 5.91 Å². The topological polar surface area (TPSA) is 61.8 Å². The molecule has 1 amide bonds. The van der Waals surface area contributed by atoms with E-state index in [0.29, 0.717) is 11.8 Å². The summed E-state index contributed by atoms with van der Waals surface area (Å²) in [4.78, 5) is 25.2. The van der Waals surface area contributed by atoms with Crippen LogP contribution in [0.15, 0.2) is 35.5 Å². The van der Waals surface area contributed by atoms with E-state index in [9.17, 15) is 9.70 Å². The third-order valence-corrected chi connectivity index (χ3v) is 4.78. The number of nitrogens with zero attached hydrogens (tertiary/aromatic N) is 2. The minimum atomic E-state index is -0.248. The summed E-state index contributed by atoms with van der Waals surface area (Å²) in [7, 11) is 0. The molecule has 0 bridgehead atoms. The van der Waals surface area contributed by atoms with E-state index in [1.54, 1.807) is 0 Å². The Morgan fingerprint density at radius 1 is 1.14 bits per heavy atom. The number of likely N-dealkylation sites (tertiary alicyclic amines) is 1. The van der Waals surface area contributed by atoms with Gasteiger partial charge in [0.05, 0.1) is 0 Å². The van der Waals surface area contributed by atoms with Gasteiger partial charge >= 0.3 is 0 Å². The molecule has 0 spiro atoms. The number of piperidine rings is 1. The first-order chi connectivity index (χ1) is 10.3. The number of fused-ring (bicyclic) bond motifs is 1. The van der Waals surface area contributed by atoms with Crippen LogP contribution in [0.1, 0.15) is 29.6 Å². The number of amides is 1. The van der Waals surface area contributed by atoms with Crippen molar-refractivity contribution in [2.75, 3.05) is 19.6 Å². The average Bonchev–Trinajstić information content (AvgIpc) is 2.76. The molecule has 0 aromatic heterocycles. The maximum Gasteiger partial charge on any atom is 0.253 e. The van der Waals surface area contributed by atoms with E-state index in [0.717, 1.165) is 44.5 Å². The van der Waals surface area contributed by atoms with Crippen LogP contribution in [0.2, 0.25) is 0 Å². The van der Waals surface area contributed by atoms with Gasteiger partial charge in [0.2, 0.25) is 0 Å². The standard InChI is InChI=1S/C16H21N3O2/c20-16(12-4-2-1-3-5-12)19-8-6-13-10-15(18-21)17-11-14(13)7-9-19/h1-5,13-15,17H,6-11H2. The van der Waals surface area contributed by atoms with Crippen LogP contribution < -0.4 is 5.32 Å². The number of carbonyl (C=O) groups is 1. The van der Waals surface area contributed by atoms with Gasteiger partial charge in [0.15, 0.2) is 0 Å². The largest absolute Gasteiger partial charge is 0.339 e. The number of hydrogen-bond acceptors (Lipinski definition) is 4. The molecule has 2 saturated heterocycles. The Balaban J connectivity index is 1.66. The van der Waals surface area contributed by atoms with Crippen LogP contribution >= 0.6 is 0 Å². The van der Waals surface area contributed by atoms with E-state index >= 15 is 0 Å². The summed E-state index contributed by atoms with van der Waals surface area (Å²) in [5, 5.41) is 6.32. The van der Waals surface area contributed by atoms with Gasteiger partial charge in [0.25, 0.3) is 5.91 Å². The third kappa shape index (κ3) is 3.13. The van der Waals surface area contributed by atoms with Gasteiger partial charge in [-0.15, -0.1) is 4.91 Å². The molecule has 1 aromatic carbocycles. The van der Waals surface area contributed by atoms with Gasteiger partial charge < -0.3 is 4.90 Å². The first-order valence-electron chi connectivity index (χ1n) is 7.68. The molecule has 2 aliphatic rings. The molecule has 5 heteroatoms. The SMILES string of the molecule is O=NC1CC2CCN(C(=O)c3ccccc3)CCC2CN1. The molecular weight excluding hydrogens is 266 g/mol. The van der Waals surface area contributed by atoms with Crippen LogP contribution in [-0.4, -0.2) is 36.6 Å². The van der Waals surface area contributed by atoms with Gasteiger partial charge in [-0.25, -0.2) is 0 Å². The van der Waals surface area contributed by atoms with Crippen LogP contribution in [0.3, 0.4) is 0 Å². The maximum absolute atomic E-state index is 12.5. The molecule has 0 radical (unpaired) electrons. The lowest BCUT2D eigenvalue weighted by atomic mass is 9.82. The number of nitroso groups, excluding NO2 is 1. The molecule has 3 atom stereocenters. The minimum Gasteiger partial charge on any atom is -0.339 e. The highest BCUT2D eigenvalue weighted by molar-refractivity contribution is 5.94. The summed E-state index contributed by atoms with van der Waals surface area (Å²) >= 11 is 0. The second kappa shape index (κ2) is 6.35. The summed E-state index contributed by atoms with van der Waals surface area (Å²) in [6.07, 6.45) is 2.53. The molecule has 2 aliphatic heterocycles. The van der Waals surface area contributed by atoms with E-state index in [1.807, 2.05) is 35.2 Å². The number of hydrogen-bond donors (Lipinski definition) is 1. The quantitative estimate of drug-likeness (QED) is 0.849. The monoisotopic (exact) mass is 287 g/mol. The zero-order valence-electron chi connectivity index (χ0n) is 12.1. The average molecular weight is 287 g/mol. The summed E-state index contributed by atoms with van der Waals surface area (Å²) < 4.78 is 0. The Labute approximate surface area is 124 Å². The van der Waals surface area contributed by atoms with Crippen LogP contribution in [0.25, 0.3) is 0 Å². The zero-order valence-corrected chi connectivity index (χ0v) is 12.1. The zero-order chi connectivity index (χ0) is 14.7. The Morgan fingerprint density at radius 3 is 2.57 bits per heavy atom. The van der Waals surface area contributed by atoms with Gasteiger partial charge in [-0.3, -0.25) is 10.1 Å². The Morgan fingerprint density at radius 2 is 1.86 bits per heavy atom. The Bertz CT molecular complexity index is 506. The molecular formula is C16H21N3O2. The van der Waals surface area contributed by atoms with Gasteiger partial charge in [-0.05, 0) is 43.2 Å². The van der Waals surface area contributed by atoms with E-state index in [2.05, 4.69) is 10.5 Å². The van der Waals surface area contributed by atoms with Crippen molar-refractivity contribution in [2.45, 2.75) is 25.4 Å². The molecule has 1 N–H and O–H groups in total. The maximum atomic E-state index is 12.5. The van der Waals surface area contributed by atoms with Gasteiger partial charge in [-0.2, -0.15) is 0 Å². The second-order valence-electron chi connectivity index (χ2n) is 6.02. The smallest absolute Gasteiger partial charge is 0.253 e. The van der Waals surface area contributed by atoms with Crippen molar-refractivity contribution in [1.29, 1.82) is 0 Å². The molecule has 3 unspecified atom stereocenters. The lowest BCUT2D eigenvalue weighted by Gasteiger charge is -2.32. The van der Waals surface area contributed by atoms with E-state index < -0.39 is 0 Å². The van der Waals surface area contributed by atoms with Crippen molar-refractivity contribution in [3.8, 4) is 0 Å². The summed E-state index contributed by atoms with van der Waals surface area (Å²) in [6, 6.07) is 9.46. The Kier molecular flexibility index (Phi) is 4.29. The van der Waals surface area contributed by atoms with Crippen molar-refractivity contribution in [3.63, 3.8) is 0 Å². The molecule has 2 fully saturated rings. The molecule has 1 aromatic rings. The molecule has 0 saturated carbocycles. The number of rotatable bonds is 2. The van der Waals surface area contributed by atoms with Crippen molar-refractivity contribution in [2.24, 2.45) is 17.0 Å². The molecule has 5 nitrogen and oxygen atoms in total. The van der Waals surface area contributed by atoms with Crippen LogP contribution in [0.5, 0.6) is 0 Å². The van der Waals surface area contributed by atoms with Crippen LogP contribution in [0.4, 0.5) is 0 Å². The molecule has 0 aliphatic carbocycles. The van der Waals surface area contributed by atoms with Gasteiger partial charge in [-0.1, -0.05) is 23.4 Å². The van der Waals surface area contributed by atoms with Crippen LogP contribution in [0, 0.1) is 16.7 Å². The minimum absolute atomic E-state index is 0.118. The molecule has 3 rings (SSSR count). The van der Waals surface area contributed by atoms with Gasteiger partial charge in [0, 0.05) is 25.2 Å². The predicted octanol–water partition coefficient (Wildman–Crippen LogP) is 2.24. The molecule has 2 heterocycles. The fourth-order valence-corrected chi connectivity index (χ4v) is 3.51. The highest BCUT2D eigenvalue weighted by Crippen LogP contribution is 2.31. The fourth-order valence-electron chi connectivity index (χ4n) is 3.51. The van der Waals surface area contributed by atoms with E-state index in [1.165, 1.54) is 0 Å². The number of benzene rings is 1. The third-order valence-electron chi connectivity index (χ3n) is 4.78. The summed E-state index contributed by atoms with van der Waals surface area (Å²) in [6.45, 7) is 2.42. The van der Waals surface area contributed by atoms with Gasteiger partial charge in [0.1, 0.15) is 6.17 Å². The highest BCUT2D eigenvalue weighted by Gasteiger charge is 2.34. The molecule has 21 heavy (non-hydrogen) atoms. The first-order valence-corrected chi connectivity index (χ1v) is 7.68. The van der Waals surface area contributed by atoms with Crippen molar-refractivity contribution < 1.29 is 4.79 Å². The molecule has 112 valence electrons. The lowest BCUT2D eigenvalue weighted by molar-refractivity contribution is 0.0759. The first kappa shape index (κ1) is 14.2.